The molecule has 1 fully saturated rings. The van der Waals surface area contributed by atoms with Gasteiger partial charge >= 0.3 is 0 Å². The summed E-state index contributed by atoms with van der Waals surface area (Å²) in [6, 6.07) is 8.56. The molecule has 0 saturated carbocycles. The molecule has 1 saturated heterocycles. The van der Waals surface area contributed by atoms with Crippen LogP contribution in [0.15, 0.2) is 18.2 Å². The molecule has 0 spiro atoms. The minimum atomic E-state index is 0.618. The fourth-order valence-corrected chi connectivity index (χ4v) is 3.96. The first-order valence-corrected chi connectivity index (χ1v) is 7.66. The average Bonchev–Trinajstić information content (AvgIpc) is 2.37. The monoisotopic (exact) mass is 275 g/mol. The van der Waals surface area contributed by atoms with E-state index >= 15 is 0 Å². The Kier molecular flexibility index (Phi) is 4.73. The number of rotatable bonds is 3. The van der Waals surface area contributed by atoms with Crippen molar-refractivity contribution in [3.63, 3.8) is 0 Å². The van der Waals surface area contributed by atoms with E-state index in [4.69, 9.17) is 0 Å². The summed E-state index contributed by atoms with van der Waals surface area (Å²) in [4.78, 5) is 2.35. The van der Waals surface area contributed by atoms with Crippen LogP contribution < -0.4 is 10.2 Å². The molecule has 1 aliphatic rings. The summed E-state index contributed by atoms with van der Waals surface area (Å²) in [7, 11) is 1.92. The molecule has 19 heavy (non-hydrogen) atoms. The van der Waals surface area contributed by atoms with Gasteiger partial charge in [0.1, 0.15) is 6.07 Å². The highest BCUT2D eigenvalue weighted by molar-refractivity contribution is 8.00. The fourth-order valence-electron chi connectivity index (χ4n) is 2.64. The van der Waals surface area contributed by atoms with Crippen molar-refractivity contribution >= 4 is 17.4 Å². The van der Waals surface area contributed by atoms with E-state index in [1.807, 2.05) is 24.9 Å². The Morgan fingerprint density at radius 3 is 2.63 bits per heavy atom. The van der Waals surface area contributed by atoms with Crippen molar-refractivity contribution in [1.82, 2.24) is 5.32 Å². The van der Waals surface area contributed by atoms with Gasteiger partial charge in [0.2, 0.25) is 0 Å². The Hall–Kier alpha value is -1.18. The topological polar surface area (TPSA) is 39.1 Å². The minimum absolute atomic E-state index is 0.618. The van der Waals surface area contributed by atoms with Gasteiger partial charge in [0.05, 0.1) is 11.3 Å². The van der Waals surface area contributed by atoms with Gasteiger partial charge in [-0.1, -0.05) is 19.9 Å². The Balaban J connectivity index is 2.26. The molecule has 1 aliphatic heterocycles. The van der Waals surface area contributed by atoms with E-state index in [-0.39, 0.29) is 0 Å². The maximum absolute atomic E-state index is 9.37. The van der Waals surface area contributed by atoms with E-state index in [1.165, 1.54) is 0 Å². The second-order valence-electron chi connectivity index (χ2n) is 5.16. The SMILES string of the molecule is CNCc1ccc(N2CC(C)SC(C)C2)c(C#N)c1. The van der Waals surface area contributed by atoms with Crippen LogP contribution in [0.1, 0.15) is 25.0 Å². The third kappa shape index (κ3) is 3.43. The predicted octanol–water partition coefficient (Wildman–Crippen LogP) is 2.61. The van der Waals surface area contributed by atoms with Crippen molar-refractivity contribution in [2.24, 2.45) is 0 Å². The van der Waals surface area contributed by atoms with Gasteiger partial charge in [0.15, 0.2) is 0 Å². The van der Waals surface area contributed by atoms with Crippen LogP contribution in [0.25, 0.3) is 0 Å². The van der Waals surface area contributed by atoms with Crippen LogP contribution in [0.2, 0.25) is 0 Å². The van der Waals surface area contributed by atoms with Crippen LogP contribution in [0.5, 0.6) is 0 Å². The molecule has 3 nitrogen and oxygen atoms in total. The van der Waals surface area contributed by atoms with Crippen LogP contribution in [-0.2, 0) is 6.54 Å². The van der Waals surface area contributed by atoms with E-state index in [2.05, 4.69) is 42.3 Å². The summed E-state index contributed by atoms with van der Waals surface area (Å²) in [5.74, 6) is 0. The van der Waals surface area contributed by atoms with E-state index in [0.717, 1.165) is 36.4 Å². The molecule has 0 bridgehead atoms. The Bertz CT molecular complexity index is 471. The lowest BCUT2D eigenvalue weighted by Crippen LogP contribution is -2.40. The molecule has 1 aromatic carbocycles. The molecule has 1 aromatic rings. The maximum atomic E-state index is 9.37. The number of hydrogen-bond acceptors (Lipinski definition) is 4. The van der Waals surface area contributed by atoms with Crippen LogP contribution in [0, 0.1) is 11.3 Å². The van der Waals surface area contributed by atoms with Crippen molar-refractivity contribution in [2.75, 3.05) is 25.0 Å². The third-order valence-electron chi connectivity index (χ3n) is 3.32. The third-order valence-corrected chi connectivity index (χ3v) is 4.55. The Morgan fingerprint density at radius 1 is 1.37 bits per heavy atom. The average molecular weight is 275 g/mol. The normalized spacial score (nSPS) is 23.2. The zero-order valence-corrected chi connectivity index (χ0v) is 12.6. The standard InChI is InChI=1S/C15H21N3S/c1-11-9-18(10-12(2)19-11)15-5-4-13(8-17-3)6-14(15)7-16/h4-6,11-12,17H,8-10H2,1-3H3. The van der Waals surface area contributed by atoms with Gasteiger partial charge in [-0.2, -0.15) is 17.0 Å². The molecular formula is C15H21N3S. The van der Waals surface area contributed by atoms with Gasteiger partial charge in [-0.3, -0.25) is 0 Å². The highest BCUT2D eigenvalue weighted by Gasteiger charge is 2.24. The number of benzene rings is 1. The summed E-state index contributed by atoms with van der Waals surface area (Å²) in [6.07, 6.45) is 0. The summed E-state index contributed by atoms with van der Waals surface area (Å²) >= 11 is 2.03. The number of nitrogens with one attached hydrogen (secondary N) is 1. The molecule has 1 N–H and O–H groups in total. The highest BCUT2D eigenvalue weighted by atomic mass is 32.2. The van der Waals surface area contributed by atoms with Crippen molar-refractivity contribution in [2.45, 2.75) is 30.9 Å². The van der Waals surface area contributed by atoms with Crippen LogP contribution in [0.4, 0.5) is 5.69 Å². The lowest BCUT2D eigenvalue weighted by Gasteiger charge is -2.36. The van der Waals surface area contributed by atoms with Crippen LogP contribution >= 0.6 is 11.8 Å². The molecule has 102 valence electrons. The number of anilines is 1. The number of nitrogens with zero attached hydrogens (tertiary/aromatic N) is 2. The quantitative estimate of drug-likeness (QED) is 0.920. The van der Waals surface area contributed by atoms with Gasteiger partial charge in [-0.05, 0) is 24.7 Å². The lowest BCUT2D eigenvalue weighted by atomic mass is 10.1. The van der Waals surface area contributed by atoms with Gasteiger partial charge in [-0.25, -0.2) is 0 Å². The summed E-state index contributed by atoms with van der Waals surface area (Å²) in [5, 5.41) is 13.7. The summed E-state index contributed by atoms with van der Waals surface area (Å²) in [6.45, 7) is 7.37. The number of nitriles is 1. The van der Waals surface area contributed by atoms with Crippen molar-refractivity contribution < 1.29 is 0 Å². The molecule has 0 amide bonds. The van der Waals surface area contributed by atoms with Crippen molar-refractivity contribution in [1.29, 1.82) is 5.26 Å². The molecule has 0 aromatic heterocycles. The van der Waals surface area contributed by atoms with E-state index < -0.39 is 0 Å². The highest BCUT2D eigenvalue weighted by Crippen LogP contribution is 2.30. The number of hydrogen-bond donors (Lipinski definition) is 1. The maximum Gasteiger partial charge on any atom is 0.101 e. The van der Waals surface area contributed by atoms with Crippen molar-refractivity contribution in [3.05, 3.63) is 29.3 Å². The van der Waals surface area contributed by atoms with Crippen LogP contribution in [0.3, 0.4) is 0 Å². The molecule has 1 heterocycles. The number of thioether (sulfide) groups is 1. The predicted molar refractivity (Wildman–Crippen MR) is 82.6 cm³/mol. The molecular weight excluding hydrogens is 254 g/mol. The van der Waals surface area contributed by atoms with Gasteiger partial charge in [0.25, 0.3) is 0 Å². The first-order valence-electron chi connectivity index (χ1n) is 6.72. The zero-order chi connectivity index (χ0) is 13.8. The van der Waals surface area contributed by atoms with E-state index in [1.54, 1.807) is 0 Å². The zero-order valence-electron chi connectivity index (χ0n) is 11.8. The first-order chi connectivity index (χ1) is 9.13. The van der Waals surface area contributed by atoms with E-state index in [9.17, 15) is 5.26 Å². The molecule has 2 rings (SSSR count). The summed E-state index contributed by atoms with van der Waals surface area (Å²) in [5.41, 5.74) is 3.04. The smallest absolute Gasteiger partial charge is 0.101 e. The summed E-state index contributed by atoms with van der Waals surface area (Å²) < 4.78 is 0. The lowest BCUT2D eigenvalue weighted by molar-refractivity contribution is 0.727. The molecule has 2 atom stereocenters. The van der Waals surface area contributed by atoms with E-state index in [0.29, 0.717) is 10.5 Å². The van der Waals surface area contributed by atoms with Crippen LogP contribution in [-0.4, -0.2) is 30.6 Å². The first kappa shape index (κ1) is 14.2. The molecule has 4 heteroatoms. The minimum Gasteiger partial charge on any atom is -0.368 e. The Morgan fingerprint density at radius 2 is 2.05 bits per heavy atom. The second-order valence-corrected chi connectivity index (χ2v) is 7.04. The molecule has 0 radical (unpaired) electrons. The largest absolute Gasteiger partial charge is 0.368 e. The van der Waals surface area contributed by atoms with Gasteiger partial charge in [0, 0.05) is 30.1 Å². The second kappa shape index (κ2) is 6.31. The Labute approximate surface area is 120 Å². The van der Waals surface area contributed by atoms with Crippen molar-refractivity contribution in [3.8, 4) is 6.07 Å². The van der Waals surface area contributed by atoms with Gasteiger partial charge in [-0.15, -0.1) is 0 Å². The van der Waals surface area contributed by atoms with Gasteiger partial charge < -0.3 is 10.2 Å². The molecule has 0 aliphatic carbocycles. The molecule has 2 unspecified atom stereocenters. The fraction of sp³-hybridized carbons (Fsp3) is 0.533.